The van der Waals surface area contributed by atoms with E-state index in [-0.39, 0.29) is 12.0 Å². The highest BCUT2D eigenvalue weighted by molar-refractivity contribution is 5.22. The van der Waals surface area contributed by atoms with Crippen molar-refractivity contribution in [1.82, 2.24) is 0 Å². The highest BCUT2D eigenvalue weighted by Gasteiger charge is 2.26. The molecule has 0 bridgehead atoms. The fourth-order valence-corrected chi connectivity index (χ4v) is 2.64. The second-order valence-corrected chi connectivity index (χ2v) is 5.23. The molecule has 2 aromatic rings. The van der Waals surface area contributed by atoms with E-state index in [0.29, 0.717) is 12.3 Å². The fourth-order valence-electron chi connectivity index (χ4n) is 2.64. The van der Waals surface area contributed by atoms with Gasteiger partial charge in [-0.25, -0.2) is 0 Å². The Hall–Kier alpha value is -1.54. The van der Waals surface area contributed by atoms with Crippen molar-refractivity contribution >= 4 is 0 Å². The first kappa shape index (κ1) is 13.9. The molecule has 0 fully saturated rings. The molecule has 3 atom stereocenters. The van der Waals surface area contributed by atoms with Crippen molar-refractivity contribution in [2.24, 2.45) is 5.92 Å². The van der Waals surface area contributed by atoms with Gasteiger partial charge in [-0.05, 0) is 23.1 Å². The molecule has 3 unspecified atom stereocenters. The number of furan rings is 1. The van der Waals surface area contributed by atoms with E-state index >= 15 is 0 Å². The number of aliphatic hydroxyl groups excluding tert-OH is 1. The molecule has 0 saturated heterocycles. The molecule has 2 heteroatoms. The van der Waals surface area contributed by atoms with E-state index in [4.69, 9.17) is 4.42 Å². The van der Waals surface area contributed by atoms with E-state index in [1.807, 2.05) is 24.3 Å². The summed E-state index contributed by atoms with van der Waals surface area (Å²) in [6.07, 6.45) is 4.68. The predicted octanol–water partition coefficient (Wildman–Crippen LogP) is 4.01. The summed E-state index contributed by atoms with van der Waals surface area (Å²) in [4.78, 5) is 0. The van der Waals surface area contributed by atoms with Crippen molar-refractivity contribution in [3.05, 3.63) is 60.1 Å². The van der Waals surface area contributed by atoms with Gasteiger partial charge in [0, 0.05) is 12.3 Å². The van der Waals surface area contributed by atoms with E-state index in [9.17, 15) is 5.11 Å². The van der Waals surface area contributed by atoms with Crippen LogP contribution < -0.4 is 0 Å². The number of hydrogen-bond donors (Lipinski definition) is 1. The Labute approximate surface area is 115 Å². The van der Waals surface area contributed by atoms with Crippen molar-refractivity contribution in [1.29, 1.82) is 0 Å². The minimum atomic E-state index is -0.380. The Morgan fingerprint density at radius 3 is 2.47 bits per heavy atom. The summed E-state index contributed by atoms with van der Waals surface area (Å²) in [5, 5.41) is 10.6. The van der Waals surface area contributed by atoms with E-state index in [1.54, 1.807) is 12.5 Å². The zero-order chi connectivity index (χ0) is 13.7. The molecule has 2 rings (SSSR count). The quantitative estimate of drug-likeness (QED) is 0.849. The van der Waals surface area contributed by atoms with E-state index < -0.39 is 0 Å². The predicted molar refractivity (Wildman–Crippen MR) is 77.1 cm³/mol. The normalized spacial score (nSPS) is 15.9. The SMILES string of the molecule is CCC(C)C(c1ccccc1)C(O)Cc1ccoc1. The van der Waals surface area contributed by atoms with Crippen molar-refractivity contribution < 1.29 is 9.52 Å². The van der Waals surface area contributed by atoms with Crippen LogP contribution in [0.15, 0.2) is 53.3 Å². The minimum Gasteiger partial charge on any atom is -0.472 e. The second-order valence-electron chi connectivity index (χ2n) is 5.23. The van der Waals surface area contributed by atoms with Crippen LogP contribution in [-0.2, 0) is 6.42 Å². The smallest absolute Gasteiger partial charge is 0.0935 e. The van der Waals surface area contributed by atoms with Gasteiger partial charge in [0.05, 0.1) is 18.6 Å². The van der Waals surface area contributed by atoms with Gasteiger partial charge in [0.2, 0.25) is 0 Å². The zero-order valence-corrected chi connectivity index (χ0v) is 11.6. The third-order valence-electron chi connectivity index (χ3n) is 3.88. The molecule has 0 saturated carbocycles. The van der Waals surface area contributed by atoms with Crippen LogP contribution in [0.1, 0.15) is 37.3 Å². The first-order chi connectivity index (χ1) is 9.22. The highest BCUT2D eigenvalue weighted by atomic mass is 16.3. The van der Waals surface area contributed by atoms with Crippen LogP contribution in [0.25, 0.3) is 0 Å². The van der Waals surface area contributed by atoms with Crippen molar-refractivity contribution in [3.8, 4) is 0 Å². The molecule has 1 aromatic heterocycles. The van der Waals surface area contributed by atoms with Gasteiger partial charge in [0.25, 0.3) is 0 Å². The van der Waals surface area contributed by atoms with Gasteiger partial charge in [-0.3, -0.25) is 0 Å². The van der Waals surface area contributed by atoms with Gasteiger partial charge in [-0.15, -0.1) is 0 Å². The maximum Gasteiger partial charge on any atom is 0.0935 e. The Balaban J connectivity index is 2.18. The van der Waals surface area contributed by atoms with Crippen LogP contribution >= 0.6 is 0 Å². The molecule has 0 spiro atoms. The lowest BCUT2D eigenvalue weighted by atomic mass is 9.80. The van der Waals surface area contributed by atoms with Crippen LogP contribution in [0.4, 0.5) is 0 Å². The van der Waals surface area contributed by atoms with Crippen LogP contribution in [-0.4, -0.2) is 11.2 Å². The molecule has 1 aromatic carbocycles. The number of rotatable bonds is 6. The summed E-state index contributed by atoms with van der Waals surface area (Å²) < 4.78 is 5.08. The summed E-state index contributed by atoms with van der Waals surface area (Å²) in [5.41, 5.74) is 2.27. The summed E-state index contributed by atoms with van der Waals surface area (Å²) in [6.45, 7) is 4.38. The monoisotopic (exact) mass is 258 g/mol. The molecular formula is C17H22O2. The van der Waals surface area contributed by atoms with E-state index in [0.717, 1.165) is 12.0 Å². The highest BCUT2D eigenvalue weighted by Crippen LogP contribution is 2.31. The molecule has 0 aliphatic heterocycles. The summed E-state index contributed by atoms with van der Waals surface area (Å²) in [5.74, 6) is 0.616. The van der Waals surface area contributed by atoms with Gasteiger partial charge >= 0.3 is 0 Å². The summed E-state index contributed by atoms with van der Waals surface area (Å²) >= 11 is 0. The molecule has 0 aliphatic rings. The molecule has 19 heavy (non-hydrogen) atoms. The summed E-state index contributed by atoms with van der Waals surface area (Å²) in [7, 11) is 0. The lowest BCUT2D eigenvalue weighted by Gasteiger charge is -2.28. The Morgan fingerprint density at radius 2 is 1.89 bits per heavy atom. The lowest BCUT2D eigenvalue weighted by Crippen LogP contribution is -2.26. The first-order valence-electron chi connectivity index (χ1n) is 6.96. The topological polar surface area (TPSA) is 33.4 Å². The van der Waals surface area contributed by atoms with Crippen LogP contribution in [0.3, 0.4) is 0 Å². The third kappa shape index (κ3) is 3.48. The maximum absolute atomic E-state index is 10.6. The Kier molecular flexibility index (Phi) is 4.80. The maximum atomic E-state index is 10.6. The average molecular weight is 258 g/mol. The number of aliphatic hydroxyl groups is 1. The van der Waals surface area contributed by atoms with E-state index in [2.05, 4.69) is 26.0 Å². The van der Waals surface area contributed by atoms with Crippen LogP contribution in [0.2, 0.25) is 0 Å². The molecular weight excluding hydrogens is 236 g/mol. The van der Waals surface area contributed by atoms with Crippen molar-refractivity contribution in [2.75, 3.05) is 0 Å². The molecule has 2 nitrogen and oxygen atoms in total. The Morgan fingerprint density at radius 1 is 1.16 bits per heavy atom. The molecule has 1 N–H and O–H groups in total. The zero-order valence-electron chi connectivity index (χ0n) is 11.6. The van der Waals surface area contributed by atoms with Gasteiger partial charge in [0.1, 0.15) is 0 Å². The lowest BCUT2D eigenvalue weighted by molar-refractivity contribution is 0.117. The molecule has 0 aliphatic carbocycles. The van der Waals surface area contributed by atoms with Crippen LogP contribution in [0.5, 0.6) is 0 Å². The molecule has 1 heterocycles. The van der Waals surface area contributed by atoms with Gasteiger partial charge in [0.15, 0.2) is 0 Å². The number of hydrogen-bond acceptors (Lipinski definition) is 2. The fraction of sp³-hybridized carbons (Fsp3) is 0.412. The third-order valence-corrected chi connectivity index (χ3v) is 3.88. The standard InChI is InChI=1S/C17H22O2/c1-3-13(2)17(15-7-5-4-6-8-15)16(18)11-14-9-10-19-12-14/h4-10,12-13,16-18H,3,11H2,1-2H3. The largest absolute Gasteiger partial charge is 0.472 e. The minimum absolute atomic E-state index is 0.168. The number of benzene rings is 1. The van der Waals surface area contributed by atoms with Crippen molar-refractivity contribution in [3.63, 3.8) is 0 Å². The first-order valence-corrected chi connectivity index (χ1v) is 6.96. The van der Waals surface area contributed by atoms with E-state index in [1.165, 1.54) is 5.56 Å². The van der Waals surface area contributed by atoms with Crippen LogP contribution in [0, 0.1) is 5.92 Å². The van der Waals surface area contributed by atoms with Gasteiger partial charge in [-0.1, -0.05) is 50.6 Å². The molecule has 0 radical (unpaired) electrons. The second kappa shape index (κ2) is 6.58. The molecule has 102 valence electrons. The van der Waals surface area contributed by atoms with Gasteiger partial charge in [-0.2, -0.15) is 0 Å². The molecule has 0 amide bonds. The van der Waals surface area contributed by atoms with Gasteiger partial charge < -0.3 is 9.52 Å². The summed E-state index contributed by atoms with van der Waals surface area (Å²) in [6, 6.07) is 12.2. The van der Waals surface area contributed by atoms with Crippen molar-refractivity contribution in [2.45, 2.75) is 38.7 Å². The Bertz CT molecular complexity index is 461. The average Bonchev–Trinajstić information content (AvgIpc) is 2.93.